The van der Waals surface area contributed by atoms with Gasteiger partial charge in [-0.25, -0.2) is 0 Å². The summed E-state index contributed by atoms with van der Waals surface area (Å²) in [5, 5.41) is 0. The first-order chi connectivity index (χ1) is 41.0. The van der Waals surface area contributed by atoms with Crippen molar-refractivity contribution in [1.82, 2.24) is 0 Å². The van der Waals surface area contributed by atoms with E-state index in [9.17, 15) is 14.4 Å². The maximum atomic E-state index is 13.0. The van der Waals surface area contributed by atoms with Crippen molar-refractivity contribution in [2.75, 3.05) is 13.2 Å². The highest BCUT2D eigenvalue weighted by molar-refractivity contribution is 5.71. The second-order valence-corrected chi connectivity index (χ2v) is 24.5. The number of rotatable bonds is 67. The highest BCUT2D eigenvalue weighted by Crippen LogP contribution is 2.18. The Hall–Kier alpha value is -3.15. The summed E-state index contributed by atoms with van der Waals surface area (Å²) in [7, 11) is 0. The number of carbonyl (C=O) groups is 3. The van der Waals surface area contributed by atoms with Gasteiger partial charge < -0.3 is 14.2 Å². The molecule has 0 rings (SSSR count). The third kappa shape index (κ3) is 69.5. The lowest BCUT2D eigenvalue weighted by atomic mass is 10.0. The lowest BCUT2D eigenvalue weighted by molar-refractivity contribution is -0.167. The number of ether oxygens (including phenoxy) is 3. The Bertz CT molecular complexity index is 1520. The third-order valence-corrected chi connectivity index (χ3v) is 16.2. The van der Waals surface area contributed by atoms with Crippen LogP contribution in [0.4, 0.5) is 0 Å². The van der Waals surface area contributed by atoms with Crippen LogP contribution in [0, 0.1) is 0 Å². The van der Waals surface area contributed by atoms with Gasteiger partial charge in [0.1, 0.15) is 13.2 Å². The van der Waals surface area contributed by atoms with Gasteiger partial charge in [-0.05, 0) is 89.9 Å². The van der Waals surface area contributed by atoms with E-state index in [1.807, 2.05) is 0 Å². The standard InChI is InChI=1S/C77H138O6/c1-4-7-10-13-16-19-22-25-27-29-31-33-35-36-37-38-39-40-42-43-45-47-49-52-55-58-61-64-67-70-76(79)82-73-74(72-81-75(78)69-66-63-60-57-54-51-24-21-18-15-12-9-6-3)83-77(80)71-68-65-62-59-56-53-50-48-46-44-41-34-32-30-28-26-23-20-17-14-11-8-5-2/h7,10,16,19,25,27,30-33,36-37,74H,4-6,8-9,11-15,17-18,20-24,26,28-29,34-35,38-73H2,1-3H3/b10-7-,19-16-,27-25-,32-30-,33-31-,37-36-. The van der Waals surface area contributed by atoms with E-state index in [4.69, 9.17) is 14.2 Å². The van der Waals surface area contributed by atoms with Crippen molar-refractivity contribution in [3.8, 4) is 0 Å². The molecule has 1 unspecified atom stereocenters. The van der Waals surface area contributed by atoms with Gasteiger partial charge in [0.2, 0.25) is 0 Å². The summed E-state index contributed by atoms with van der Waals surface area (Å²) < 4.78 is 17.0. The monoisotopic (exact) mass is 1160 g/mol. The first-order valence-corrected chi connectivity index (χ1v) is 36.4. The second-order valence-electron chi connectivity index (χ2n) is 24.5. The molecular formula is C77H138O6. The Balaban J connectivity index is 4.23. The molecule has 0 aromatic heterocycles. The van der Waals surface area contributed by atoms with E-state index in [-0.39, 0.29) is 31.1 Å². The Kier molecular flexibility index (Phi) is 68.6. The maximum Gasteiger partial charge on any atom is 0.306 e. The first kappa shape index (κ1) is 79.8. The largest absolute Gasteiger partial charge is 0.462 e. The number of esters is 3. The molecule has 0 aliphatic rings. The van der Waals surface area contributed by atoms with Gasteiger partial charge in [0.05, 0.1) is 0 Å². The molecule has 0 spiro atoms. The molecule has 0 heterocycles. The summed E-state index contributed by atoms with van der Waals surface area (Å²) in [6.07, 6.45) is 93.6. The van der Waals surface area contributed by atoms with Crippen molar-refractivity contribution in [3.05, 3.63) is 72.9 Å². The van der Waals surface area contributed by atoms with Crippen LogP contribution in [-0.4, -0.2) is 37.2 Å². The molecule has 0 saturated carbocycles. The molecule has 0 aromatic carbocycles. The van der Waals surface area contributed by atoms with Crippen LogP contribution in [0.5, 0.6) is 0 Å². The van der Waals surface area contributed by atoms with Crippen LogP contribution in [0.1, 0.15) is 380 Å². The Morgan fingerprint density at radius 1 is 0.253 bits per heavy atom. The van der Waals surface area contributed by atoms with Crippen LogP contribution < -0.4 is 0 Å². The zero-order chi connectivity index (χ0) is 59.9. The number of unbranched alkanes of at least 4 members (excludes halogenated alkanes) is 44. The van der Waals surface area contributed by atoms with Gasteiger partial charge in [0.15, 0.2) is 6.10 Å². The highest BCUT2D eigenvalue weighted by Gasteiger charge is 2.19. The van der Waals surface area contributed by atoms with Crippen molar-refractivity contribution >= 4 is 17.9 Å². The molecule has 0 N–H and O–H groups in total. The van der Waals surface area contributed by atoms with Crippen molar-refractivity contribution < 1.29 is 28.6 Å². The Labute approximate surface area is 516 Å². The van der Waals surface area contributed by atoms with E-state index in [0.717, 1.165) is 89.9 Å². The zero-order valence-electron chi connectivity index (χ0n) is 55.5. The summed E-state index contributed by atoms with van der Waals surface area (Å²) in [6, 6.07) is 0. The molecule has 0 aromatic rings. The fourth-order valence-corrected chi connectivity index (χ4v) is 10.8. The van der Waals surface area contributed by atoms with Crippen LogP contribution in [0.15, 0.2) is 72.9 Å². The topological polar surface area (TPSA) is 78.9 Å². The van der Waals surface area contributed by atoms with E-state index in [2.05, 4.69) is 93.7 Å². The van der Waals surface area contributed by atoms with Crippen LogP contribution in [0.2, 0.25) is 0 Å². The molecule has 0 aliphatic carbocycles. The normalized spacial score (nSPS) is 12.5. The van der Waals surface area contributed by atoms with Crippen molar-refractivity contribution in [1.29, 1.82) is 0 Å². The van der Waals surface area contributed by atoms with Crippen LogP contribution in [0.25, 0.3) is 0 Å². The molecule has 0 saturated heterocycles. The van der Waals surface area contributed by atoms with Crippen molar-refractivity contribution in [2.24, 2.45) is 0 Å². The lowest BCUT2D eigenvalue weighted by Crippen LogP contribution is -2.30. The van der Waals surface area contributed by atoms with Crippen molar-refractivity contribution in [2.45, 2.75) is 386 Å². The van der Waals surface area contributed by atoms with E-state index in [1.54, 1.807) is 0 Å². The van der Waals surface area contributed by atoms with Gasteiger partial charge in [-0.1, -0.05) is 344 Å². The predicted molar refractivity (Wildman–Crippen MR) is 362 cm³/mol. The lowest BCUT2D eigenvalue weighted by Gasteiger charge is -2.18. The van der Waals surface area contributed by atoms with E-state index in [0.29, 0.717) is 19.3 Å². The zero-order valence-corrected chi connectivity index (χ0v) is 55.5. The SMILES string of the molecule is CC/C=C\C/C=C\C/C=C\C/C=C\C/C=C\CCCCCCCCCCCCCCCC(=O)OCC(COC(=O)CCCCCCCCCCCCCCC)OC(=O)CCCCCCCCCCCCC/C=C\CCCCCCCCCC. The Morgan fingerprint density at radius 2 is 0.470 bits per heavy atom. The predicted octanol–water partition coefficient (Wildman–Crippen LogP) is 25.2. The summed E-state index contributed by atoms with van der Waals surface area (Å²) in [5.41, 5.74) is 0. The molecule has 6 heteroatoms. The number of hydrogen-bond acceptors (Lipinski definition) is 6. The molecule has 0 aliphatic heterocycles. The van der Waals surface area contributed by atoms with Crippen molar-refractivity contribution in [3.63, 3.8) is 0 Å². The molecular weight excluding hydrogens is 1020 g/mol. The van der Waals surface area contributed by atoms with Gasteiger partial charge in [-0.15, -0.1) is 0 Å². The summed E-state index contributed by atoms with van der Waals surface area (Å²) in [5.74, 6) is -0.848. The fourth-order valence-electron chi connectivity index (χ4n) is 10.8. The molecule has 6 nitrogen and oxygen atoms in total. The summed E-state index contributed by atoms with van der Waals surface area (Å²) in [4.78, 5) is 38.5. The average molecular weight is 1160 g/mol. The highest BCUT2D eigenvalue weighted by atomic mass is 16.6. The minimum absolute atomic E-state index is 0.0703. The molecule has 83 heavy (non-hydrogen) atoms. The quantitative estimate of drug-likeness (QED) is 0.0261. The van der Waals surface area contributed by atoms with Gasteiger partial charge in [-0.2, -0.15) is 0 Å². The van der Waals surface area contributed by atoms with Crippen LogP contribution in [-0.2, 0) is 28.6 Å². The molecule has 0 bridgehead atoms. The molecule has 0 radical (unpaired) electrons. The maximum absolute atomic E-state index is 13.0. The average Bonchev–Trinajstić information content (AvgIpc) is 3.49. The van der Waals surface area contributed by atoms with Gasteiger partial charge in [-0.3, -0.25) is 14.4 Å². The van der Waals surface area contributed by atoms with E-state index in [1.165, 1.54) is 250 Å². The molecule has 0 amide bonds. The third-order valence-electron chi connectivity index (χ3n) is 16.2. The number of hydrogen-bond donors (Lipinski definition) is 0. The minimum atomic E-state index is -0.775. The number of allylic oxidation sites excluding steroid dienone is 12. The summed E-state index contributed by atoms with van der Waals surface area (Å²) in [6.45, 7) is 6.58. The number of carbonyl (C=O) groups excluding carboxylic acids is 3. The fraction of sp³-hybridized carbons (Fsp3) is 0.805. The van der Waals surface area contributed by atoms with E-state index < -0.39 is 6.10 Å². The summed E-state index contributed by atoms with van der Waals surface area (Å²) >= 11 is 0. The first-order valence-electron chi connectivity index (χ1n) is 36.4. The van der Waals surface area contributed by atoms with Crippen LogP contribution >= 0.6 is 0 Å². The minimum Gasteiger partial charge on any atom is -0.462 e. The van der Waals surface area contributed by atoms with Gasteiger partial charge in [0, 0.05) is 19.3 Å². The van der Waals surface area contributed by atoms with Gasteiger partial charge in [0.25, 0.3) is 0 Å². The second kappa shape index (κ2) is 71.3. The van der Waals surface area contributed by atoms with Crippen LogP contribution in [0.3, 0.4) is 0 Å². The van der Waals surface area contributed by atoms with E-state index >= 15 is 0 Å². The smallest absolute Gasteiger partial charge is 0.306 e. The molecule has 482 valence electrons. The van der Waals surface area contributed by atoms with Gasteiger partial charge >= 0.3 is 17.9 Å². The molecule has 1 atom stereocenters. The molecule has 0 fully saturated rings. The Morgan fingerprint density at radius 3 is 0.747 bits per heavy atom.